The Morgan fingerprint density at radius 3 is 2.79 bits per heavy atom. The molecule has 1 fully saturated rings. The van der Waals surface area contributed by atoms with Crippen molar-refractivity contribution in [1.82, 2.24) is 25.0 Å². The molecule has 0 bridgehead atoms. The van der Waals surface area contributed by atoms with E-state index in [-0.39, 0.29) is 12.1 Å². The molecular formula is C17H25N5OS. The van der Waals surface area contributed by atoms with Crippen LogP contribution >= 0.6 is 11.3 Å². The van der Waals surface area contributed by atoms with Gasteiger partial charge in [0.05, 0.1) is 12.6 Å². The first-order chi connectivity index (χ1) is 11.5. The van der Waals surface area contributed by atoms with Crippen molar-refractivity contribution in [3.8, 4) is 0 Å². The van der Waals surface area contributed by atoms with E-state index in [0.29, 0.717) is 12.6 Å². The Labute approximate surface area is 146 Å². The summed E-state index contributed by atoms with van der Waals surface area (Å²) in [5.41, 5.74) is 0. The molecule has 0 aromatic carbocycles. The highest BCUT2D eigenvalue weighted by molar-refractivity contribution is 7.11. The normalized spacial score (nSPS) is 16.3. The fourth-order valence-corrected chi connectivity index (χ4v) is 4.24. The van der Waals surface area contributed by atoms with Gasteiger partial charge in [-0.15, -0.1) is 11.3 Å². The van der Waals surface area contributed by atoms with Crippen LogP contribution < -0.4 is 5.32 Å². The molecule has 1 N–H and O–H groups in total. The lowest BCUT2D eigenvalue weighted by atomic mass is 10.2. The van der Waals surface area contributed by atoms with Crippen molar-refractivity contribution in [2.24, 2.45) is 7.05 Å². The molecule has 6 nitrogen and oxygen atoms in total. The number of hydrogen-bond donors (Lipinski definition) is 1. The standard InChI is InChI=1S/C17H25N5OS/c1-12-8-9-15(24-12)10-22(14-6-4-5-7-14)17(23)20-13(2)16-18-11-19-21(16)3/h8-9,11,13-14H,4-7,10H2,1-3H3,(H,20,23)/t13-/m0/s1. The topological polar surface area (TPSA) is 63.1 Å². The lowest BCUT2D eigenvalue weighted by molar-refractivity contribution is 0.168. The van der Waals surface area contributed by atoms with E-state index in [9.17, 15) is 4.79 Å². The number of urea groups is 1. The van der Waals surface area contributed by atoms with Crippen LogP contribution in [0.4, 0.5) is 4.79 Å². The fraction of sp³-hybridized carbons (Fsp3) is 0.588. The van der Waals surface area contributed by atoms with Gasteiger partial charge in [-0.25, -0.2) is 9.78 Å². The van der Waals surface area contributed by atoms with E-state index in [1.165, 1.54) is 28.9 Å². The fourth-order valence-electron chi connectivity index (χ4n) is 3.35. The summed E-state index contributed by atoms with van der Waals surface area (Å²) in [6.07, 6.45) is 6.11. The summed E-state index contributed by atoms with van der Waals surface area (Å²) >= 11 is 1.76. The second-order valence-electron chi connectivity index (χ2n) is 6.49. The molecule has 2 amide bonds. The highest BCUT2D eigenvalue weighted by atomic mass is 32.1. The van der Waals surface area contributed by atoms with Crippen LogP contribution in [0.3, 0.4) is 0 Å². The number of hydrogen-bond acceptors (Lipinski definition) is 4. The second-order valence-corrected chi connectivity index (χ2v) is 7.86. The van der Waals surface area contributed by atoms with Gasteiger partial charge in [0.1, 0.15) is 12.2 Å². The smallest absolute Gasteiger partial charge is 0.318 e. The molecule has 2 aromatic rings. The summed E-state index contributed by atoms with van der Waals surface area (Å²) in [5, 5.41) is 7.18. The van der Waals surface area contributed by atoms with E-state index in [2.05, 4.69) is 34.5 Å². The zero-order valence-electron chi connectivity index (χ0n) is 14.5. The number of nitrogens with one attached hydrogen (secondary N) is 1. The zero-order chi connectivity index (χ0) is 17.1. The number of thiophene rings is 1. The van der Waals surface area contributed by atoms with Gasteiger partial charge >= 0.3 is 6.03 Å². The van der Waals surface area contributed by atoms with E-state index in [4.69, 9.17) is 0 Å². The second kappa shape index (κ2) is 7.34. The Bertz CT molecular complexity index is 689. The third-order valence-electron chi connectivity index (χ3n) is 4.62. The van der Waals surface area contributed by atoms with Crippen molar-refractivity contribution in [2.75, 3.05) is 0 Å². The molecule has 1 aliphatic carbocycles. The summed E-state index contributed by atoms with van der Waals surface area (Å²) in [5.74, 6) is 0.765. The van der Waals surface area contributed by atoms with Crippen LogP contribution in [-0.2, 0) is 13.6 Å². The SMILES string of the molecule is Cc1ccc(CN(C(=O)N[C@@H](C)c2ncnn2C)C2CCCC2)s1. The van der Waals surface area contributed by atoms with Crippen LogP contribution in [0.2, 0.25) is 0 Å². The first kappa shape index (κ1) is 17.0. The van der Waals surface area contributed by atoms with Gasteiger partial charge in [-0.3, -0.25) is 4.68 Å². The summed E-state index contributed by atoms with van der Waals surface area (Å²) in [4.78, 5) is 21.7. The van der Waals surface area contributed by atoms with E-state index in [0.717, 1.165) is 18.7 Å². The molecule has 1 aliphatic rings. The Hall–Kier alpha value is -1.89. The molecule has 0 spiro atoms. The summed E-state index contributed by atoms with van der Waals surface area (Å²) in [7, 11) is 1.84. The number of aromatic nitrogens is 3. The first-order valence-corrected chi connectivity index (χ1v) is 9.32. The quantitative estimate of drug-likeness (QED) is 0.901. The predicted molar refractivity (Wildman–Crippen MR) is 94.8 cm³/mol. The molecule has 2 heterocycles. The van der Waals surface area contributed by atoms with Crippen molar-refractivity contribution >= 4 is 17.4 Å². The summed E-state index contributed by atoms with van der Waals surface area (Å²) in [6, 6.07) is 4.40. The molecular weight excluding hydrogens is 322 g/mol. The largest absolute Gasteiger partial charge is 0.328 e. The summed E-state index contributed by atoms with van der Waals surface area (Å²) < 4.78 is 1.70. The zero-order valence-corrected chi connectivity index (χ0v) is 15.3. The lowest BCUT2D eigenvalue weighted by Crippen LogP contribution is -2.45. The molecule has 2 aromatic heterocycles. The van der Waals surface area contributed by atoms with Crippen molar-refractivity contribution in [3.63, 3.8) is 0 Å². The monoisotopic (exact) mass is 347 g/mol. The average molecular weight is 347 g/mol. The van der Waals surface area contributed by atoms with Crippen LogP contribution in [0.15, 0.2) is 18.5 Å². The maximum atomic E-state index is 12.9. The van der Waals surface area contributed by atoms with Gasteiger partial charge < -0.3 is 10.2 Å². The Morgan fingerprint density at radius 2 is 2.21 bits per heavy atom. The molecule has 0 radical (unpaired) electrons. The Morgan fingerprint density at radius 1 is 1.46 bits per heavy atom. The van der Waals surface area contributed by atoms with Gasteiger partial charge in [0.25, 0.3) is 0 Å². The highest BCUT2D eigenvalue weighted by Gasteiger charge is 2.28. The number of rotatable bonds is 5. The van der Waals surface area contributed by atoms with E-state index >= 15 is 0 Å². The van der Waals surface area contributed by atoms with E-state index in [1.54, 1.807) is 16.0 Å². The minimum Gasteiger partial charge on any atom is -0.328 e. The lowest BCUT2D eigenvalue weighted by Gasteiger charge is -2.30. The molecule has 1 saturated carbocycles. The highest BCUT2D eigenvalue weighted by Crippen LogP contribution is 2.27. The maximum absolute atomic E-state index is 12.9. The van der Waals surface area contributed by atoms with Crippen molar-refractivity contribution in [3.05, 3.63) is 34.0 Å². The molecule has 130 valence electrons. The predicted octanol–water partition coefficient (Wildman–Crippen LogP) is 3.40. The number of amides is 2. The molecule has 0 saturated heterocycles. The Balaban J connectivity index is 1.71. The van der Waals surface area contributed by atoms with Gasteiger partial charge in [0.15, 0.2) is 0 Å². The minimum atomic E-state index is -0.168. The van der Waals surface area contributed by atoms with E-state index in [1.807, 2.05) is 18.9 Å². The van der Waals surface area contributed by atoms with Crippen molar-refractivity contribution < 1.29 is 4.79 Å². The van der Waals surface area contributed by atoms with Gasteiger partial charge in [-0.05, 0) is 38.8 Å². The van der Waals surface area contributed by atoms with Crippen LogP contribution in [0.1, 0.15) is 54.2 Å². The van der Waals surface area contributed by atoms with Crippen LogP contribution in [0.5, 0.6) is 0 Å². The van der Waals surface area contributed by atoms with Crippen LogP contribution in [-0.4, -0.2) is 31.7 Å². The third-order valence-corrected chi connectivity index (χ3v) is 5.61. The minimum absolute atomic E-state index is 0.0107. The third kappa shape index (κ3) is 3.77. The van der Waals surface area contributed by atoms with Gasteiger partial charge in [0, 0.05) is 22.8 Å². The molecule has 1 atom stereocenters. The van der Waals surface area contributed by atoms with Gasteiger partial charge in [0.2, 0.25) is 0 Å². The number of carbonyl (C=O) groups is 1. The number of nitrogens with zero attached hydrogens (tertiary/aromatic N) is 4. The van der Waals surface area contributed by atoms with Crippen LogP contribution in [0.25, 0.3) is 0 Å². The van der Waals surface area contributed by atoms with Crippen molar-refractivity contribution in [2.45, 2.75) is 58.2 Å². The maximum Gasteiger partial charge on any atom is 0.318 e. The van der Waals surface area contributed by atoms with Gasteiger partial charge in [-0.2, -0.15) is 5.10 Å². The summed E-state index contributed by atoms with van der Waals surface area (Å²) in [6.45, 7) is 4.73. The van der Waals surface area contributed by atoms with Crippen molar-refractivity contribution in [1.29, 1.82) is 0 Å². The van der Waals surface area contributed by atoms with Gasteiger partial charge in [-0.1, -0.05) is 12.8 Å². The average Bonchev–Trinajstić information content (AvgIpc) is 3.26. The number of carbonyl (C=O) groups excluding carboxylic acids is 1. The van der Waals surface area contributed by atoms with E-state index < -0.39 is 0 Å². The Kier molecular flexibility index (Phi) is 5.18. The molecule has 0 unspecified atom stereocenters. The first-order valence-electron chi connectivity index (χ1n) is 8.51. The number of aryl methyl sites for hydroxylation is 2. The van der Waals surface area contributed by atoms with Crippen LogP contribution in [0, 0.1) is 6.92 Å². The molecule has 0 aliphatic heterocycles. The molecule has 7 heteroatoms. The molecule has 24 heavy (non-hydrogen) atoms. The molecule has 3 rings (SSSR count).